The van der Waals surface area contributed by atoms with Gasteiger partial charge in [0, 0.05) is 19.4 Å². The van der Waals surface area contributed by atoms with E-state index < -0.39 is 0 Å². The SMILES string of the molecule is CCC(=O)NCCC1CCc2ccc(OCCc3ccccc3)cc21. The number of amides is 1. The fourth-order valence-electron chi connectivity index (χ4n) is 3.50. The third kappa shape index (κ3) is 4.85. The van der Waals surface area contributed by atoms with Gasteiger partial charge >= 0.3 is 0 Å². The van der Waals surface area contributed by atoms with Crippen LogP contribution in [0.15, 0.2) is 48.5 Å². The van der Waals surface area contributed by atoms with Crippen molar-refractivity contribution in [3.8, 4) is 5.75 Å². The quantitative estimate of drug-likeness (QED) is 0.782. The van der Waals surface area contributed by atoms with Crippen molar-refractivity contribution in [3.63, 3.8) is 0 Å². The van der Waals surface area contributed by atoms with E-state index in [1.54, 1.807) is 0 Å². The first-order valence-electron chi connectivity index (χ1n) is 9.32. The van der Waals surface area contributed by atoms with Gasteiger partial charge in [-0.05, 0) is 54.0 Å². The molecular formula is C22H27NO2. The van der Waals surface area contributed by atoms with E-state index in [9.17, 15) is 4.79 Å². The van der Waals surface area contributed by atoms with E-state index in [1.807, 2.05) is 13.0 Å². The molecule has 25 heavy (non-hydrogen) atoms. The van der Waals surface area contributed by atoms with Gasteiger partial charge in [0.15, 0.2) is 0 Å². The van der Waals surface area contributed by atoms with E-state index in [4.69, 9.17) is 4.74 Å². The zero-order chi connectivity index (χ0) is 17.5. The number of carbonyl (C=O) groups excluding carboxylic acids is 1. The molecule has 132 valence electrons. The first-order chi connectivity index (χ1) is 12.3. The van der Waals surface area contributed by atoms with Gasteiger partial charge in [-0.2, -0.15) is 0 Å². The maximum absolute atomic E-state index is 11.4. The first-order valence-corrected chi connectivity index (χ1v) is 9.32. The highest BCUT2D eigenvalue weighted by molar-refractivity contribution is 5.75. The molecule has 0 aromatic heterocycles. The van der Waals surface area contributed by atoms with E-state index >= 15 is 0 Å². The molecule has 0 fully saturated rings. The molecule has 0 radical (unpaired) electrons. The Balaban J connectivity index is 1.53. The van der Waals surface area contributed by atoms with Crippen LogP contribution in [0, 0.1) is 0 Å². The van der Waals surface area contributed by atoms with Gasteiger partial charge in [0.05, 0.1) is 6.61 Å². The van der Waals surface area contributed by atoms with Crippen LogP contribution in [0.5, 0.6) is 5.75 Å². The zero-order valence-electron chi connectivity index (χ0n) is 15.0. The summed E-state index contributed by atoms with van der Waals surface area (Å²) in [5, 5.41) is 2.99. The van der Waals surface area contributed by atoms with Crippen LogP contribution in [0.2, 0.25) is 0 Å². The number of carbonyl (C=O) groups is 1. The Morgan fingerprint density at radius 3 is 2.84 bits per heavy atom. The zero-order valence-corrected chi connectivity index (χ0v) is 15.0. The summed E-state index contributed by atoms with van der Waals surface area (Å²) in [6.07, 6.45) is 4.79. The maximum Gasteiger partial charge on any atom is 0.219 e. The number of fused-ring (bicyclic) bond motifs is 1. The largest absolute Gasteiger partial charge is 0.493 e. The molecule has 1 aliphatic carbocycles. The molecule has 0 heterocycles. The molecule has 3 nitrogen and oxygen atoms in total. The molecular weight excluding hydrogens is 310 g/mol. The van der Waals surface area contributed by atoms with Crippen LogP contribution in [-0.4, -0.2) is 19.1 Å². The first kappa shape index (κ1) is 17.5. The lowest BCUT2D eigenvalue weighted by molar-refractivity contribution is -0.120. The van der Waals surface area contributed by atoms with Crippen molar-refractivity contribution < 1.29 is 9.53 Å². The van der Waals surface area contributed by atoms with Crippen molar-refractivity contribution in [2.45, 2.75) is 44.9 Å². The highest BCUT2D eigenvalue weighted by Gasteiger charge is 2.22. The molecule has 1 amide bonds. The summed E-state index contributed by atoms with van der Waals surface area (Å²) in [5.74, 6) is 1.63. The molecule has 2 aromatic rings. The van der Waals surface area contributed by atoms with Crippen molar-refractivity contribution in [2.24, 2.45) is 0 Å². The van der Waals surface area contributed by atoms with Crippen LogP contribution >= 0.6 is 0 Å². The lowest BCUT2D eigenvalue weighted by atomic mass is 9.97. The van der Waals surface area contributed by atoms with Crippen LogP contribution in [0.3, 0.4) is 0 Å². The molecule has 3 heteroatoms. The third-order valence-corrected chi connectivity index (χ3v) is 4.96. The Kier molecular flexibility index (Phi) is 6.10. The van der Waals surface area contributed by atoms with E-state index in [-0.39, 0.29) is 5.91 Å². The van der Waals surface area contributed by atoms with E-state index in [0.29, 0.717) is 18.9 Å². The summed E-state index contributed by atoms with van der Waals surface area (Å²) < 4.78 is 5.97. The maximum atomic E-state index is 11.4. The smallest absolute Gasteiger partial charge is 0.219 e. The van der Waals surface area contributed by atoms with Gasteiger partial charge in [-0.3, -0.25) is 4.79 Å². The van der Waals surface area contributed by atoms with Crippen molar-refractivity contribution in [2.75, 3.05) is 13.2 Å². The van der Waals surface area contributed by atoms with Gasteiger partial charge in [0.2, 0.25) is 5.91 Å². The Labute approximate surface area is 150 Å². The Morgan fingerprint density at radius 1 is 1.20 bits per heavy atom. The summed E-state index contributed by atoms with van der Waals surface area (Å²) in [4.78, 5) is 11.4. The molecule has 0 aliphatic heterocycles. The minimum absolute atomic E-state index is 0.135. The molecule has 1 unspecified atom stereocenters. The van der Waals surface area contributed by atoms with Gasteiger partial charge in [-0.25, -0.2) is 0 Å². The summed E-state index contributed by atoms with van der Waals surface area (Å²) in [6, 6.07) is 16.9. The van der Waals surface area contributed by atoms with Gasteiger partial charge < -0.3 is 10.1 Å². The van der Waals surface area contributed by atoms with Gasteiger partial charge in [0.1, 0.15) is 5.75 Å². The van der Waals surface area contributed by atoms with Crippen molar-refractivity contribution in [1.82, 2.24) is 5.32 Å². The van der Waals surface area contributed by atoms with E-state index in [0.717, 1.165) is 31.6 Å². The summed E-state index contributed by atoms with van der Waals surface area (Å²) >= 11 is 0. The second-order valence-electron chi connectivity index (χ2n) is 6.67. The lowest BCUT2D eigenvalue weighted by Crippen LogP contribution is -2.24. The highest BCUT2D eigenvalue weighted by Crippen LogP contribution is 2.37. The van der Waals surface area contributed by atoms with E-state index in [2.05, 4.69) is 47.8 Å². The summed E-state index contributed by atoms with van der Waals surface area (Å²) in [5.41, 5.74) is 4.14. The highest BCUT2D eigenvalue weighted by atomic mass is 16.5. The predicted octanol–water partition coefficient (Wildman–Crippen LogP) is 4.25. The molecule has 0 spiro atoms. The molecule has 0 bridgehead atoms. The average Bonchev–Trinajstić information content (AvgIpc) is 3.05. The van der Waals surface area contributed by atoms with Gasteiger partial charge in [-0.1, -0.05) is 43.3 Å². The van der Waals surface area contributed by atoms with Crippen LogP contribution in [0.25, 0.3) is 0 Å². The van der Waals surface area contributed by atoms with Crippen LogP contribution in [0.4, 0.5) is 0 Å². The normalized spacial score (nSPS) is 15.6. The third-order valence-electron chi connectivity index (χ3n) is 4.96. The number of benzene rings is 2. The molecule has 3 rings (SSSR count). The summed E-state index contributed by atoms with van der Waals surface area (Å²) in [7, 11) is 0. The molecule has 1 N–H and O–H groups in total. The fourth-order valence-corrected chi connectivity index (χ4v) is 3.50. The summed E-state index contributed by atoms with van der Waals surface area (Å²) in [6.45, 7) is 3.34. The molecule has 0 saturated heterocycles. The number of nitrogens with one attached hydrogen (secondary N) is 1. The second kappa shape index (κ2) is 8.70. The molecule has 1 atom stereocenters. The number of hydrogen-bond acceptors (Lipinski definition) is 2. The lowest BCUT2D eigenvalue weighted by Gasteiger charge is -2.14. The van der Waals surface area contributed by atoms with Crippen molar-refractivity contribution >= 4 is 5.91 Å². The minimum atomic E-state index is 0.135. The minimum Gasteiger partial charge on any atom is -0.493 e. The number of ether oxygens (including phenoxy) is 1. The van der Waals surface area contributed by atoms with Gasteiger partial charge in [-0.15, -0.1) is 0 Å². The van der Waals surface area contributed by atoms with Crippen LogP contribution in [-0.2, 0) is 17.6 Å². The monoisotopic (exact) mass is 337 g/mol. The number of hydrogen-bond donors (Lipinski definition) is 1. The topological polar surface area (TPSA) is 38.3 Å². The Hall–Kier alpha value is -2.29. The molecule has 0 saturated carbocycles. The fraction of sp³-hybridized carbons (Fsp3) is 0.409. The average molecular weight is 337 g/mol. The Bertz CT molecular complexity index is 696. The second-order valence-corrected chi connectivity index (χ2v) is 6.67. The molecule has 2 aromatic carbocycles. The molecule has 1 aliphatic rings. The predicted molar refractivity (Wildman–Crippen MR) is 101 cm³/mol. The van der Waals surface area contributed by atoms with Crippen LogP contribution in [0.1, 0.15) is 48.8 Å². The number of aryl methyl sites for hydroxylation is 1. The Morgan fingerprint density at radius 2 is 2.04 bits per heavy atom. The van der Waals surface area contributed by atoms with Crippen molar-refractivity contribution in [3.05, 3.63) is 65.2 Å². The standard InChI is InChI=1S/C22H27NO2/c1-2-22(24)23-14-12-19-9-8-18-10-11-20(16-21(18)19)25-15-13-17-6-4-3-5-7-17/h3-7,10-11,16,19H,2,8-9,12-15H2,1H3,(H,23,24). The van der Waals surface area contributed by atoms with E-state index in [1.165, 1.54) is 23.1 Å². The van der Waals surface area contributed by atoms with Gasteiger partial charge in [0.25, 0.3) is 0 Å². The van der Waals surface area contributed by atoms with Crippen LogP contribution < -0.4 is 10.1 Å². The van der Waals surface area contributed by atoms with Crippen molar-refractivity contribution in [1.29, 1.82) is 0 Å². The number of rotatable bonds is 8.